The number of rotatable bonds is 5. The highest BCUT2D eigenvalue weighted by Crippen LogP contribution is 2.26. The predicted octanol–water partition coefficient (Wildman–Crippen LogP) is 4.67. The predicted molar refractivity (Wildman–Crippen MR) is 110 cm³/mol. The first kappa shape index (κ1) is 18.0. The normalized spacial score (nSPS) is 12.4. The number of benzene rings is 2. The van der Waals surface area contributed by atoms with E-state index in [1.807, 2.05) is 25.1 Å². The van der Waals surface area contributed by atoms with E-state index < -0.39 is 0 Å². The van der Waals surface area contributed by atoms with E-state index in [0.717, 1.165) is 16.5 Å². The quantitative estimate of drug-likeness (QED) is 0.498. The van der Waals surface area contributed by atoms with Crippen LogP contribution < -0.4 is 10.9 Å². The van der Waals surface area contributed by atoms with Gasteiger partial charge >= 0.3 is 5.63 Å². The van der Waals surface area contributed by atoms with Crippen molar-refractivity contribution in [2.75, 3.05) is 0 Å². The van der Waals surface area contributed by atoms with Gasteiger partial charge in [0.1, 0.15) is 18.2 Å². The molecule has 2 aromatic heterocycles. The van der Waals surface area contributed by atoms with Gasteiger partial charge in [0.15, 0.2) is 0 Å². The molecule has 2 aromatic carbocycles. The van der Waals surface area contributed by atoms with Gasteiger partial charge in [-0.2, -0.15) is 0 Å². The number of hydrogen-bond acceptors (Lipinski definition) is 3. The van der Waals surface area contributed by atoms with E-state index in [0.29, 0.717) is 17.2 Å². The topological polar surface area (TPSA) is 46.8 Å². The first-order valence-corrected chi connectivity index (χ1v) is 10.0. The van der Waals surface area contributed by atoms with Gasteiger partial charge in [0, 0.05) is 27.6 Å². The highest BCUT2D eigenvalue weighted by molar-refractivity contribution is 7.10. The second-order valence-electron chi connectivity index (χ2n) is 6.53. The number of aryl methyl sites for hydroxylation is 1. The number of fused-ring (bicyclic) bond motifs is 1. The number of hydrogen-bond donors (Lipinski definition) is 1. The Balaban J connectivity index is 1.71. The Morgan fingerprint density at radius 2 is 1.93 bits per heavy atom. The molecule has 0 saturated heterocycles. The van der Waals surface area contributed by atoms with Crippen LogP contribution in [-0.4, -0.2) is 0 Å². The Labute approximate surface area is 166 Å². The average Bonchev–Trinajstić information content (AvgIpc) is 3.19. The van der Waals surface area contributed by atoms with Crippen LogP contribution in [0.1, 0.15) is 27.6 Å². The number of halogens is 1. The van der Waals surface area contributed by atoms with Crippen LogP contribution in [-0.2, 0) is 6.54 Å². The molecule has 0 bridgehead atoms. The monoisotopic (exact) mass is 396 g/mol. The molecule has 0 radical (unpaired) electrons. The lowest BCUT2D eigenvalue weighted by Gasteiger charge is -2.15. The second kappa shape index (κ2) is 7.69. The van der Waals surface area contributed by atoms with Crippen molar-refractivity contribution in [3.8, 4) is 0 Å². The van der Waals surface area contributed by atoms with Crippen molar-refractivity contribution in [3.63, 3.8) is 0 Å². The van der Waals surface area contributed by atoms with Crippen molar-refractivity contribution in [2.24, 2.45) is 0 Å². The standard InChI is InChI=1S/C22H18ClNO2S/c1-14-10-19-17(12-18(14)23)16(11-21(25)26-19)13-24-22(20-8-5-9-27-20)15-6-3-2-4-7-15/h2-12,22,24H,13H2,1H3/p+1/t22-/m0/s1. The molecule has 0 aliphatic carbocycles. The van der Waals surface area contributed by atoms with E-state index in [4.69, 9.17) is 16.0 Å². The van der Waals surface area contributed by atoms with Crippen LogP contribution in [0.5, 0.6) is 0 Å². The van der Waals surface area contributed by atoms with Crippen LogP contribution in [0.3, 0.4) is 0 Å². The van der Waals surface area contributed by atoms with E-state index in [-0.39, 0.29) is 11.7 Å². The van der Waals surface area contributed by atoms with Crippen molar-refractivity contribution in [1.82, 2.24) is 0 Å². The Morgan fingerprint density at radius 3 is 2.67 bits per heavy atom. The Bertz CT molecular complexity index is 1120. The summed E-state index contributed by atoms with van der Waals surface area (Å²) in [5.41, 5.74) is 3.32. The lowest BCUT2D eigenvalue weighted by Crippen LogP contribution is -2.83. The molecular weight excluding hydrogens is 378 g/mol. The van der Waals surface area contributed by atoms with Crippen molar-refractivity contribution in [1.29, 1.82) is 0 Å². The van der Waals surface area contributed by atoms with Gasteiger partial charge in [-0.1, -0.05) is 48.0 Å². The van der Waals surface area contributed by atoms with E-state index in [1.165, 1.54) is 10.4 Å². The fourth-order valence-corrected chi connectivity index (χ4v) is 4.32. The van der Waals surface area contributed by atoms with Gasteiger partial charge in [-0.25, -0.2) is 4.79 Å². The molecule has 5 heteroatoms. The minimum atomic E-state index is -0.333. The highest BCUT2D eigenvalue weighted by atomic mass is 35.5. The molecule has 0 amide bonds. The van der Waals surface area contributed by atoms with E-state index in [1.54, 1.807) is 17.4 Å². The molecule has 1 atom stereocenters. The van der Waals surface area contributed by atoms with Gasteiger partial charge < -0.3 is 9.73 Å². The van der Waals surface area contributed by atoms with Crippen molar-refractivity contribution in [2.45, 2.75) is 19.5 Å². The Kier molecular flexibility index (Phi) is 5.12. The Morgan fingerprint density at radius 1 is 1.11 bits per heavy atom. The van der Waals surface area contributed by atoms with Crippen molar-refractivity contribution in [3.05, 3.63) is 103 Å². The molecule has 2 N–H and O–H groups in total. The summed E-state index contributed by atoms with van der Waals surface area (Å²) in [6, 6.07) is 20.1. The highest BCUT2D eigenvalue weighted by Gasteiger charge is 2.19. The summed E-state index contributed by atoms with van der Waals surface area (Å²) in [5, 5.41) is 5.91. The van der Waals surface area contributed by atoms with Crippen LogP contribution >= 0.6 is 22.9 Å². The summed E-state index contributed by atoms with van der Waals surface area (Å²) < 4.78 is 5.38. The third-order valence-electron chi connectivity index (χ3n) is 4.69. The molecule has 2 heterocycles. The summed E-state index contributed by atoms with van der Waals surface area (Å²) >= 11 is 8.05. The van der Waals surface area contributed by atoms with Crippen LogP contribution in [0.15, 0.2) is 75.3 Å². The van der Waals surface area contributed by atoms with E-state index in [9.17, 15) is 4.79 Å². The maximum atomic E-state index is 12.0. The SMILES string of the molecule is Cc1cc2oc(=O)cc(C[NH2+][C@@H](c3ccccc3)c3cccs3)c2cc1Cl. The summed E-state index contributed by atoms with van der Waals surface area (Å²) in [7, 11) is 0. The van der Waals surface area contributed by atoms with Crippen LogP contribution in [0.2, 0.25) is 5.02 Å². The average molecular weight is 397 g/mol. The van der Waals surface area contributed by atoms with Crippen molar-refractivity contribution < 1.29 is 9.73 Å². The number of quaternary nitrogens is 1. The summed E-state index contributed by atoms with van der Waals surface area (Å²) in [5.74, 6) is 0. The molecule has 136 valence electrons. The first-order chi connectivity index (χ1) is 13.1. The summed E-state index contributed by atoms with van der Waals surface area (Å²) in [4.78, 5) is 13.3. The van der Waals surface area contributed by atoms with E-state index in [2.05, 4.69) is 47.1 Å². The van der Waals surface area contributed by atoms with Gasteiger partial charge in [0.05, 0.1) is 4.88 Å². The molecule has 0 aliphatic rings. The molecular formula is C22H19ClNO2S+. The molecule has 0 spiro atoms. The number of nitrogens with two attached hydrogens (primary N) is 1. The zero-order chi connectivity index (χ0) is 18.8. The maximum Gasteiger partial charge on any atom is 0.336 e. The zero-order valence-electron chi connectivity index (χ0n) is 14.8. The van der Waals surface area contributed by atoms with Gasteiger partial charge in [0.2, 0.25) is 0 Å². The molecule has 0 aliphatic heterocycles. The van der Waals surface area contributed by atoms with Gasteiger partial charge in [0.25, 0.3) is 0 Å². The minimum absolute atomic E-state index is 0.175. The Hall–Kier alpha value is -2.40. The van der Waals surface area contributed by atoms with Crippen LogP contribution in [0.25, 0.3) is 11.0 Å². The molecule has 27 heavy (non-hydrogen) atoms. The molecule has 0 fully saturated rings. The third-order valence-corrected chi connectivity index (χ3v) is 6.05. The van der Waals surface area contributed by atoms with Gasteiger partial charge in [-0.15, -0.1) is 11.3 Å². The molecule has 3 nitrogen and oxygen atoms in total. The molecule has 4 rings (SSSR count). The maximum absolute atomic E-state index is 12.0. The van der Waals surface area contributed by atoms with Crippen molar-refractivity contribution >= 4 is 33.9 Å². The molecule has 0 unspecified atom stereocenters. The lowest BCUT2D eigenvalue weighted by molar-refractivity contribution is -0.701. The van der Waals surface area contributed by atoms with Crippen LogP contribution in [0.4, 0.5) is 0 Å². The molecule has 4 aromatic rings. The zero-order valence-corrected chi connectivity index (χ0v) is 16.4. The second-order valence-corrected chi connectivity index (χ2v) is 7.92. The first-order valence-electron chi connectivity index (χ1n) is 8.76. The lowest BCUT2D eigenvalue weighted by atomic mass is 10.0. The minimum Gasteiger partial charge on any atom is -0.423 e. The summed E-state index contributed by atoms with van der Waals surface area (Å²) in [6.45, 7) is 2.56. The fraction of sp³-hybridized carbons (Fsp3) is 0.136. The third kappa shape index (κ3) is 3.83. The largest absolute Gasteiger partial charge is 0.423 e. The summed E-state index contributed by atoms with van der Waals surface area (Å²) in [6.07, 6.45) is 0. The fourth-order valence-electron chi connectivity index (χ4n) is 3.31. The molecule has 0 saturated carbocycles. The smallest absolute Gasteiger partial charge is 0.336 e. The number of thiophene rings is 1. The van der Waals surface area contributed by atoms with Gasteiger partial charge in [-0.05, 0) is 36.1 Å². The van der Waals surface area contributed by atoms with Crippen LogP contribution in [0, 0.1) is 6.92 Å². The van der Waals surface area contributed by atoms with E-state index >= 15 is 0 Å². The van der Waals surface area contributed by atoms with Gasteiger partial charge in [-0.3, -0.25) is 0 Å².